The topological polar surface area (TPSA) is 45.8 Å². The third-order valence-corrected chi connectivity index (χ3v) is 3.19. The van der Waals surface area contributed by atoms with Crippen LogP contribution in [-0.2, 0) is 6.18 Å². The van der Waals surface area contributed by atoms with Crippen LogP contribution in [0.15, 0.2) is 29.1 Å². The van der Waals surface area contributed by atoms with Crippen molar-refractivity contribution in [3.63, 3.8) is 0 Å². The van der Waals surface area contributed by atoms with Crippen LogP contribution in [0.4, 0.5) is 13.2 Å². The quantitative estimate of drug-likeness (QED) is 0.914. The number of halogens is 3. The third kappa shape index (κ3) is 3.15. The molecule has 6 heteroatoms. The van der Waals surface area contributed by atoms with Crippen molar-refractivity contribution < 1.29 is 13.2 Å². The number of alkyl halides is 3. The standard InChI is InChI=1S/C15H15F3N2O/c1-8(2)12-9(3)19-13(20-14(12)21)10-5-4-6-11(7-10)15(16,17)18/h4-8H,1-3H3,(H,19,20,21). The molecule has 0 amide bonds. The van der Waals surface area contributed by atoms with Crippen LogP contribution in [0.1, 0.15) is 36.6 Å². The van der Waals surface area contributed by atoms with Crippen LogP contribution in [0.3, 0.4) is 0 Å². The van der Waals surface area contributed by atoms with E-state index in [1.54, 1.807) is 6.92 Å². The molecule has 0 saturated carbocycles. The molecule has 1 N–H and O–H groups in total. The van der Waals surface area contributed by atoms with Crippen LogP contribution in [0.25, 0.3) is 11.4 Å². The monoisotopic (exact) mass is 296 g/mol. The molecule has 1 aromatic carbocycles. The maximum atomic E-state index is 12.7. The predicted molar refractivity (Wildman–Crippen MR) is 74.1 cm³/mol. The number of nitrogens with zero attached hydrogens (tertiary/aromatic N) is 1. The summed E-state index contributed by atoms with van der Waals surface area (Å²) in [5.74, 6) is 0.143. The van der Waals surface area contributed by atoms with Gasteiger partial charge < -0.3 is 4.98 Å². The van der Waals surface area contributed by atoms with E-state index in [2.05, 4.69) is 9.97 Å². The largest absolute Gasteiger partial charge is 0.416 e. The molecule has 0 aliphatic rings. The number of nitrogens with one attached hydrogen (secondary N) is 1. The molecule has 0 spiro atoms. The van der Waals surface area contributed by atoms with E-state index in [4.69, 9.17) is 0 Å². The van der Waals surface area contributed by atoms with E-state index in [0.717, 1.165) is 12.1 Å². The van der Waals surface area contributed by atoms with E-state index in [0.29, 0.717) is 11.3 Å². The van der Waals surface area contributed by atoms with Crippen molar-refractivity contribution in [1.29, 1.82) is 0 Å². The molecule has 112 valence electrons. The average Bonchev–Trinajstić information content (AvgIpc) is 2.36. The lowest BCUT2D eigenvalue weighted by atomic mass is 10.0. The normalized spacial score (nSPS) is 12.0. The van der Waals surface area contributed by atoms with Gasteiger partial charge in [-0.3, -0.25) is 4.79 Å². The van der Waals surface area contributed by atoms with Crippen LogP contribution in [-0.4, -0.2) is 9.97 Å². The summed E-state index contributed by atoms with van der Waals surface area (Å²) in [5, 5.41) is 0. The zero-order valence-corrected chi connectivity index (χ0v) is 11.9. The maximum Gasteiger partial charge on any atom is 0.416 e. The van der Waals surface area contributed by atoms with Crippen molar-refractivity contribution in [3.05, 3.63) is 51.4 Å². The van der Waals surface area contributed by atoms with Crippen molar-refractivity contribution in [2.75, 3.05) is 0 Å². The van der Waals surface area contributed by atoms with Crippen LogP contribution in [0.5, 0.6) is 0 Å². The van der Waals surface area contributed by atoms with Crippen molar-refractivity contribution >= 4 is 0 Å². The number of aryl methyl sites for hydroxylation is 1. The minimum absolute atomic E-state index is 0.00295. The molecule has 1 aromatic heterocycles. The zero-order chi connectivity index (χ0) is 15.8. The molecule has 21 heavy (non-hydrogen) atoms. The lowest BCUT2D eigenvalue weighted by Crippen LogP contribution is -2.18. The van der Waals surface area contributed by atoms with Crippen LogP contribution >= 0.6 is 0 Å². The van der Waals surface area contributed by atoms with E-state index in [9.17, 15) is 18.0 Å². The Bertz CT molecular complexity index is 718. The van der Waals surface area contributed by atoms with Gasteiger partial charge in [0.15, 0.2) is 0 Å². The summed E-state index contributed by atoms with van der Waals surface area (Å²) in [7, 11) is 0. The maximum absolute atomic E-state index is 12.7. The van der Waals surface area contributed by atoms with Crippen molar-refractivity contribution in [2.45, 2.75) is 32.9 Å². The summed E-state index contributed by atoms with van der Waals surface area (Å²) in [6.45, 7) is 5.41. The van der Waals surface area contributed by atoms with E-state index >= 15 is 0 Å². The summed E-state index contributed by atoms with van der Waals surface area (Å²) in [4.78, 5) is 18.8. The Morgan fingerprint density at radius 3 is 2.43 bits per heavy atom. The lowest BCUT2D eigenvalue weighted by molar-refractivity contribution is -0.137. The van der Waals surface area contributed by atoms with Gasteiger partial charge in [0.05, 0.1) is 5.56 Å². The van der Waals surface area contributed by atoms with Gasteiger partial charge in [0.1, 0.15) is 5.82 Å². The predicted octanol–water partition coefficient (Wildman–Crippen LogP) is 3.89. The number of rotatable bonds is 2. The van der Waals surface area contributed by atoms with Crippen molar-refractivity contribution in [2.24, 2.45) is 0 Å². The Kier molecular flexibility index (Phi) is 3.89. The molecule has 0 radical (unpaired) electrons. The lowest BCUT2D eigenvalue weighted by Gasteiger charge is -2.11. The second-order valence-corrected chi connectivity index (χ2v) is 5.15. The summed E-state index contributed by atoms with van der Waals surface area (Å²) in [6.07, 6.45) is -4.43. The molecule has 0 atom stereocenters. The summed E-state index contributed by atoms with van der Waals surface area (Å²) >= 11 is 0. The number of benzene rings is 1. The highest BCUT2D eigenvalue weighted by molar-refractivity contribution is 5.56. The number of hydrogen-bond donors (Lipinski definition) is 1. The van der Waals surface area contributed by atoms with Crippen molar-refractivity contribution in [3.8, 4) is 11.4 Å². The first-order chi connectivity index (χ1) is 9.70. The Labute approximate surface area is 119 Å². The fourth-order valence-corrected chi connectivity index (χ4v) is 2.25. The van der Waals surface area contributed by atoms with Gasteiger partial charge in [0.25, 0.3) is 5.56 Å². The Morgan fingerprint density at radius 2 is 1.90 bits per heavy atom. The average molecular weight is 296 g/mol. The fraction of sp³-hybridized carbons (Fsp3) is 0.333. The Morgan fingerprint density at radius 1 is 1.24 bits per heavy atom. The van der Waals surface area contributed by atoms with Crippen LogP contribution in [0, 0.1) is 6.92 Å². The fourth-order valence-electron chi connectivity index (χ4n) is 2.25. The smallest absolute Gasteiger partial charge is 0.306 e. The van der Waals surface area contributed by atoms with Gasteiger partial charge in [-0.15, -0.1) is 0 Å². The number of aromatic nitrogens is 2. The number of hydrogen-bond acceptors (Lipinski definition) is 2. The van der Waals surface area contributed by atoms with E-state index < -0.39 is 11.7 Å². The molecular formula is C15H15F3N2O. The highest BCUT2D eigenvalue weighted by Gasteiger charge is 2.30. The third-order valence-electron chi connectivity index (χ3n) is 3.19. The first-order valence-electron chi connectivity index (χ1n) is 6.48. The zero-order valence-electron chi connectivity index (χ0n) is 11.9. The van der Waals surface area contributed by atoms with Crippen LogP contribution in [0.2, 0.25) is 0 Å². The SMILES string of the molecule is Cc1nc(-c2cccc(C(F)(F)F)c2)[nH]c(=O)c1C(C)C. The van der Waals surface area contributed by atoms with E-state index in [1.807, 2.05) is 13.8 Å². The minimum atomic E-state index is -4.43. The van der Waals surface area contributed by atoms with Gasteiger partial charge in [-0.05, 0) is 25.0 Å². The molecule has 0 fully saturated rings. The van der Waals surface area contributed by atoms with Gasteiger partial charge in [-0.2, -0.15) is 13.2 Å². The summed E-state index contributed by atoms with van der Waals surface area (Å²) in [5.41, 5.74) is 0.227. The van der Waals surface area contributed by atoms with E-state index in [1.165, 1.54) is 12.1 Å². The van der Waals surface area contributed by atoms with Crippen molar-refractivity contribution in [1.82, 2.24) is 9.97 Å². The molecule has 0 bridgehead atoms. The molecule has 0 saturated heterocycles. The first-order valence-corrected chi connectivity index (χ1v) is 6.48. The molecule has 0 aliphatic carbocycles. The first kappa shape index (κ1) is 15.3. The summed E-state index contributed by atoms with van der Waals surface area (Å²) in [6, 6.07) is 4.75. The Hall–Kier alpha value is -2.11. The van der Waals surface area contributed by atoms with Gasteiger partial charge in [-0.1, -0.05) is 26.0 Å². The molecule has 2 aromatic rings. The second kappa shape index (κ2) is 5.35. The van der Waals surface area contributed by atoms with Gasteiger partial charge in [-0.25, -0.2) is 4.98 Å². The van der Waals surface area contributed by atoms with Gasteiger partial charge in [0.2, 0.25) is 0 Å². The second-order valence-electron chi connectivity index (χ2n) is 5.15. The molecule has 3 nitrogen and oxygen atoms in total. The van der Waals surface area contributed by atoms with Gasteiger partial charge in [0, 0.05) is 16.8 Å². The minimum Gasteiger partial charge on any atom is -0.306 e. The molecule has 0 aliphatic heterocycles. The van der Waals surface area contributed by atoms with Crippen LogP contribution < -0.4 is 5.56 Å². The highest BCUT2D eigenvalue weighted by Crippen LogP contribution is 2.31. The number of H-pyrrole nitrogens is 1. The number of aromatic amines is 1. The molecule has 2 rings (SSSR count). The van der Waals surface area contributed by atoms with E-state index in [-0.39, 0.29) is 22.9 Å². The molecule has 0 unspecified atom stereocenters. The summed E-state index contributed by atoms with van der Waals surface area (Å²) < 4.78 is 38.2. The molecular weight excluding hydrogens is 281 g/mol. The van der Waals surface area contributed by atoms with Gasteiger partial charge >= 0.3 is 6.18 Å². The highest BCUT2D eigenvalue weighted by atomic mass is 19.4. The Balaban J connectivity index is 2.56. The molecule has 1 heterocycles.